The summed E-state index contributed by atoms with van der Waals surface area (Å²) in [6.45, 7) is 4.57. The van der Waals surface area contributed by atoms with Crippen molar-refractivity contribution in [2.45, 2.75) is 45.4 Å². The summed E-state index contributed by atoms with van der Waals surface area (Å²) >= 11 is 0. The minimum atomic E-state index is 0.0809. The fraction of sp³-hybridized carbons (Fsp3) is 0.303. The maximum Gasteiger partial charge on any atom is 0.316 e. The van der Waals surface area contributed by atoms with Crippen LogP contribution >= 0.6 is 0 Å². The zero-order valence-electron chi connectivity index (χ0n) is 24.3. The van der Waals surface area contributed by atoms with Crippen LogP contribution in [0.3, 0.4) is 0 Å². The molecular weight excluding hydrogens is 558 g/mol. The van der Waals surface area contributed by atoms with Crippen LogP contribution in [0.1, 0.15) is 53.1 Å². The van der Waals surface area contributed by atoms with E-state index in [9.17, 15) is 9.59 Å². The molecule has 0 bridgehead atoms. The van der Waals surface area contributed by atoms with Crippen molar-refractivity contribution in [3.63, 3.8) is 0 Å². The molecule has 11 nitrogen and oxygen atoms in total. The molecule has 0 atom stereocenters. The predicted octanol–water partition coefficient (Wildman–Crippen LogP) is 4.60. The number of benzene rings is 1. The summed E-state index contributed by atoms with van der Waals surface area (Å²) in [6.07, 6.45) is 9.85. The van der Waals surface area contributed by atoms with Crippen molar-refractivity contribution in [3.8, 4) is 28.5 Å². The predicted molar refractivity (Wildman–Crippen MR) is 162 cm³/mol. The van der Waals surface area contributed by atoms with Crippen molar-refractivity contribution in [3.05, 3.63) is 83.7 Å². The number of ether oxygens (including phenoxy) is 2. The summed E-state index contributed by atoms with van der Waals surface area (Å²) in [5.41, 5.74) is 7.08. The second-order valence-corrected chi connectivity index (χ2v) is 11.1. The van der Waals surface area contributed by atoms with Crippen LogP contribution in [0.4, 0.5) is 0 Å². The van der Waals surface area contributed by atoms with Gasteiger partial charge in [0.15, 0.2) is 6.29 Å². The quantitative estimate of drug-likeness (QED) is 0.251. The van der Waals surface area contributed by atoms with E-state index in [0.29, 0.717) is 36.7 Å². The molecule has 0 aliphatic carbocycles. The first kappa shape index (κ1) is 27.8. The van der Waals surface area contributed by atoms with E-state index in [1.165, 1.54) is 18.1 Å². The standard InChI is InChI=1S/C33H31N7O4/c1-21(42)39-10-7-31-29(18-39)32(38-40(31)26-8-11-43-12-9-26)27-4-2-3-23-13-30(35-17-28(23)27)24-5-6-25(34-16-24)20-44-33-36-14-22(19-41)15-37-33/h2-6,13-17,19,26H,7-12,18,20H2,1H3. The molecule has 1 amide bonds. The summed E-state index contributed by atoms with van der Waals surface area (Å²) in [5.74, 6) is 0.0809. The first-order chi connectivity index (χ1) is 21.6. The minimum absolute atomic E-state index is 0.0809. The lowest BCUT2D eigenvalue weighted by Gasteiger charge is -2.29. The number of carbonyl (C=O) groups excluding carboxylic acids is 2. The zero-order valence-corrected chi connectivity index (χ0v) is 24.3. The number of amides is 1. The average Bonchev–Trinajstić information content (AvgIpc) is 3.46. The molecule has 0 saturated carbocycles. The number of nitrogens with zero attached hydrogens (tertiary/aromatic N) is 7. The molecule has 0 spiro atoms. The molecule has 6 heterocycles. The molecule has 1 aromatic carbocycles. The molecule has 1 fully saturated rings. The SMILES string of the molecule is CC(=O)N1CCc2c(c(-c3cccc4cc(-c5ccc(COc6ncc(C=O)cn6)nc5)ncc34)nn2C2CCOCC2)C1. The van der Waals surface area contributed by atoms with Crippen LogP contribution in [-0.2, 0) is 29.1 Å². The number of hydrogen-bond acceptors (Lipinski definition) is 9. The largest absolute Gasteiger partial charge is 0.457 e. The highest BCUT2D eigenvalue weighted by Crippen LogP contribution is 2.37. The van der Waals surface area contributed by atoms with Gasteiger partial charge in [-0.05, 0) is 36.4 Å². The third-order valence-corrected chi connectivity index (χ3v) is 8.34. The average molecular weight is 590 g/mol. The Morgan fingerprint density at radius 2 is 1.89 bits per heavy atom. The second-order valence-electron chi connectivity index (χ2n) is 11.1. The van der Waals surface area contributed by atoms with Gasteiger partial charge in [0.05, 0.1) is 28.7 Å². The van der Waals surface area contributed by atoms with Gasteiger partial charge in [0.1, 0.15) is 6.61 Å². The Morgan fingerprint density at radius 3 is 2.64 bits per heavy atom. The van der Waals surface area contributed by atoms with E-state index in [1.54, 1.807) is 13.1 Å². The Bertz CT molecular complexity index is 1830. The molecule has 7 rings (SSSR count). The van der Waals surface area contributed by atoms with Gasteiger partial charge in [-0.1, -0.05) is 18.2 Å². The van der Waals surface area contributed by atoms with E-state index in [4.69, 9.17) is 19.6 Å². The van der Waals surface area contributed by atoms with E-state index < -0.39 is 0 Å². The van der Waals surface area contributed by atoms with Crippen molar-refractivity contribution in [2.75, 3.05) is 19.8 Å². The number of pyridine rings is 2. The Morgan fingerprint density at radius 1 is 1.05 bits per heavy atom. The van der Waals surface area contributed by atoms with Crippen LogP contribution in [0.2, 0.25) is 0 Å². The summed E-state index contributed by atoms with van der Waals surface area (Å²) in [5, 5.41) is 7.27. The number of hydrogen-bond donors (Lipinski definition) is 0. The molecule has 0 unspecified atom stereocenters. The first-order valence-corrected chi connectivity index (χ1v) is 14.8. The molecule has 11 heteroatoms. The Labute approximate surface area is 253 Å². The summed E-state index contributed by atoms with van der Waals surface area (Å²) in [4.78, 5) is 42.4. The lowest BCUT2D eigenvalue weighted by molar-refractivity contribution is -0.129. The van der Waals surface area contributed by atoms with Gasteiger partial charge in [0.2, 0.25) is 5.91 Å². The third-order valence-electron chi connectivity index (χ3n) is 8.34. The van der Waals surface area contributed by atoms with Gasteiger partial charge in [0, 0.05) is 92.2 Å². The summed E-state index contributed by atoms with van der Waals surface area (Å²) in [6, 6.07) is 12.6. The Balaban J connectivity index is 1.17. The lowest BCUT2D eigenvalue weighted by Crippen LogP contribution is -2.35. The van der Waals surface area contributed by atoms with Crippen molar-refractivity contribution >= 4 is 23.0 Å². The fourth-order valence-electron chi connectivity index (χ4n) is 5.96. The molecule has 2 aliphatic heterocycles. The van der Waals surface area contributed by atoms with Crippen LogP contribution < -0.4 is 4.74 Å². The summed E-state index contributed by atoms with van der Waals surface area (Å²) in [7, 11) is 0. The highest BCUT2D eigenvalue weighted by atomic mass is 16.5. The topological polar surface area (TPSA) is 125 Å². The van der Waals surface area contributed by atoms with E-state index in [0.717, 1.165) is 71.3 Å². The van der Waals surface area contributed by atoms with E-state index >= 15 is 0 Å². The maximum absolute atomic E-state index is 12.3. The van der Waals surface area contributed by atoms with Gasteiger partial charge in [-0.2, -0.15) is 5.10 Å². The van der Waals surface area contributed by atoms with Crippen molar-refractivity contribution in [1.29, 1.82) is 0 Å². The highest BCUT2D eigenvalue weighted by Gasteiger charge is 2.30. The Kier molecular flexibility index (Phi) is 7.53. The van der Waals surface area contributed by atoms with E-state index in [1.807, 2.05) is 23.2 Å². The minimum Gasteiger partial charge on any atom is -0.457 e. The van der Waals surface area contributed by atoms with Crippen molar-refractivity contribution < 1.29 is 19.1 Å². The number of rotatable bonds is 7. The first-order valence-electron chi connectivity index (χ1n) is 14.8. The van der Waals surface area contributed by atoms with E-state index in [2.05, 4.69) is 43.9 Å². The normalized spacial score (nSPS) is 15.2. The van der Waals surface area contributed by atoms with Crippen LogP contribution in [0.15, 0.2) is 61.2 Å². The second kappa shape index (κ2) is 11.9. The zero-order chi connectivity index (χ0) is 30.0. The van der Waals surface area contributed by atoms with Crippen LogP contribution in [0.5, 0.6) is 6.01 Å². The highest BCUT2D eigenvalue weighted by molar-refractivity contribution is 5.97. The molecule has 44 heavy (non-hydrogen) atoms. The maximum atomic E-state index is 12.3. The number of aldehydes is 1. The van der Waals surface area contributed by atoms with Crippen LogP contribution in [0.25, 0.3) is 33.3 Å². The van der Waals surface area contributed by atoms with Gasteiger partial charge < -0.3 is 14.4 Å². The number of fused-ring (bicyclic) bond motifs is 2. The molecule has 1 saturated heterocycles. The molecule has 222 valence electrons. The smallest absolute Gasteiger partial charge is 0.316 e. The van der Waals surface area contributed by atoms with Crippen molar-refractivity contribution in [2.24, 2.45) is 0 Å². The van der Waals surface area contributed by atoms with Gasteiger partial charge in [-0.25, -0.2) is 9.97 Å². The van der Waals surface area contributed by atoms with Gasteiger partial charge in [0.25, 0.3) is 0 Å². The molecule has 0 N–H and O–H groups in total. The molecule has 0 radical (unpaired) electrons. The molecule has 2 aliphatic rings. The lowest BCUT2D eigenvalue weighted by atomic mass is 9.96. The summed E-state index contributed by atoms with van der Waals surface area (Å²) < 4.78 is 13.4. The molecule has 5 aromatic rings. The molecule has 4 aromatic heterocycles. The van der Waals surface area contributed by atoms with E-state index in [-0.39, 0.29) is 18.5 Å². The monoisotopic (exact) mass is 589 g/mol. The number of carbonyl (C=O) groups is 2. The van der Waals surface area contributed by atoms with Gasteiger partial charge >= 0.3 is 6.01 Å². The van der Waals surface area contributed by atoms with Crippen LogP contribution in [0, 0.1) is 0 Å². The van der Waals surface area contributed by atoms with Crippen molar-refractivity contribution in [1.82, 2.24) is 34.6 Å². The number of aromatic nitrogens is 6. The fourth-order valence-corrected chi connectivity index (χ4v) is 5.96. The van der Waals surface area contributed by atoms with Gasteiger partial charge in [-0.3, -0.25) is 24.2 Å². The van der Waals surface area contributed by atoms with Crippen LogP contribution in [-0.4, -0.2) is 66.6 Å². The molecular formula is C33H31N7O4. The third kappa shape index (κ3) is 5.42. The Hall–Kier alpha value is -5.03. The van der Waals surface area contributed by atoms with Gasteiger partial charge in [-0.15, -0.1) is 0 Å².